The van der Waals surface area contributed by atoms with Crippen LogP contribution in [-0.2, 0) is 6.42 Å². The lowest BCUT2D eigenvalue weighted by atomic mass is 10.1. The maximum atomic E-state index is 11.9. The van der Waals surface area contributed by atoms with Gasteiger partial charge in [0.05, 0.1) is 4.99 Å². The zero-order valence-corrected chi connectivity index (χ0v) is 8.36. The van der Waals surface area contributed by atoms with E-state index >= 15 is 0 Å². The molecule has 15 heavy (non-hydrogen) atoms. The molecule has 1 aromatic rings. The smallest absolute Gasteiger partial charge is 0.406 e. The molecule has 0 heterocycles. The Balaban J connectivity index is 2.79. The first kappa shape index (κ1) is 11.8. The van der Waals surface area contributed by atoms with E-state index < -0.39 is 6.36 Å². The van der Waals surface area contributed by atoms with Crippen molar-refractivity contribution >= 4 is 17.2 Å². The van der Waals surface area contributed by atoms with Crippen molar-refractivity contribution in [1.82, 2.24) is 0 Å². The molecule has 2 N–H and O–H groups in total. The van der Waals surface area contributed by atoms with E-state index in [9.17, 15) is 13.2 Å². The molecule has 0 atom stereocenters. The van der Waals surface area contributed by atoms with Crippen LogP contribution in [0.4, 0.5) is 13.2 Å². The lowest BCUT2D eigenvalue weighted by Gasteiger charge is -2.09. The normalized spacial score (nSPS) is 11.1. The van der Waals surface area contributed by atoms with E-state index in [1.165, 1.54) is 18.2 Å². The van der Waals surface area contributed by atoms with E-state index in [2.05, 4.69) is 17.0 Å². The molecule has 0 aliphatic rings. The van der Waals surface area contributed by atoms with Crippen LogP contribution >= 0.6 is 12.2 Å². The lowest BCUT2D eigenvalue weighted by Crippen LogP contribution is -2.17. The topological polar surface area (TPSA) is 35.2 Å². The molecule has 0 aliphatic heterocycles. The molecule has 1 rings (SSSR count). The van der Waals surface area contributed by atoms with Gasteiger partial charge in [-0.05, 0) is 17.7 Å². The number of benzene rings is 1. The van der Waals surface area contributed by atoms with E-state index in [1.54, 1.807) is 6.07 Å². The van der Waals surface area contributed by atoms with Crippen molar-refractivity contribution in [3.8, 4) is 5.75 Å². The van der Waals surface area contributed by atoms with Gasteiger partial charge in [-0.2, -0.15) is 0 Å². The van der Waals surface area contributed by atoms with Crippen molar-refractivity contribution in [2.45, 2.75) is 12.8 Å². The molecule has 0 fully saturated rings. The van der Waals surface area contributed by atoms with E-state index in [4.69, 9.17) is 5.73 Å². The van der Waals surface area contributed by atoms with Crippen molar-refractivity contribution in [2.75, 3.05) is 0 Å². The van der Waals surface area contributed by atoms with Crippen LogP contribution in [-0.4, -0.2) is 11.4 Å². The SMILES string of the molecule is NC(=S)Cc1cccc(OC(F)(F)F)c1. The number of thiocarbonyl (C=S) groups is 1. The summed E-state index contributed by atoms with van der Waals surface area (Å²) in [5.74, 6) is -0.267. The third-order valence-electron chi connectivity index (χ3n) is 1.51. The summed E-state index contributed by atoms with van der Waals surface area (Å²) in [7, 11) is 0. The summed E-state index contributed by atoms with van der Waals surface area (Å²) in [6.07, 6.45) is -4.42. The van der Waals surface area contributed by atoms with Gasteiger partial charge in [-0.15, -0.1) is 13.2 Å². The van der Waals surface area contributed by atoms with Gasteiger partial charge >= 0.3 is 6.36 Å². The fraction of sp³-hybridized carbons (Fsp3) is 0.222. The van der Waals surface area contributed by atoms with Crippen LogP contribution in [0.25, 0.3) is 0 Å². The first-order chi connectivity index (χ1) is 6.87. The first-order valence-corrected chi connectivity index (χ1v) is 4.40. The molecule has 0 unspecified atom stereocenters. The number of halogens is 3. The van der Waals surface area contributed by atoms with E-state index in [1.807, 2.05) is 0 Å². The van der Waals surface area contributed by atoms with E-state index in [-0.39, 0.29) is 17.2 Å². The van der Waals surface area contributed by atoms with Crippen LogP contribution in [0.5, 0.6) is 5.75 Å². The zero-order chi connectivity index (χ0) is 11.5. The second kappa shape index (κ2) is 4.48. The minimum Gasteiger partial charge on any atom is -0.406 e. The Kier molecular flexibility index (Phi) is 3.52. The van der Waals surface area contributed by atoms with E-state index in [0.717, 1.165) is 0 Å². The average molecular weight is 235 g/mol. The van der Waals surface area contributed by atoms with Crippen LogP contribution in [0.3, 0.4) is 0 Å². The number of hydrogen-bond acceptors (Lipinski definition) is 2. The molecule has 6 heteroatoms. The molecule has 0 aromatic heterocycles. The molecule has 0 saturated carbocycles. The highest BCUT2D eigenvalue weighted by Gasteiger charge is 2.31. The molecule has 0 radical (unpaired) electrons. The van der Waals surface area contributed by atoms with Crippen LogP contribution in [0.15, 0.2) is 24.3 Å². The maximum Gasteiger partial charge on any atom is 0.573 e. The zero-order valence-electron chi connectivity index (χ0n) is 7.54. The molecule has 2 nitrogen and oxygen atoms in total. The van der Waals surface area contributed by atoms with Gasteiger partial charge in [-0.25, -0.2) is 0 Å². The molecular formula is C9H8F3NOS. The van der Waals surface area contributed by atoms with Crippen LogP contribution in [0, 0.1) is 0 Å². The molecule has 0 spiro atoms. The number of ether oxygens (including phenoxy) is 1. The highest BCUT2D eigenvalue weighted by molar-refractivity contribution is 7.80. The van der Waals surface area contributed by atoms with Crippen LogP contribution in [0.1, 0.15) is 5.56 Å². The van der Waals surface area contributed by atoms with Gasteiger partial charge < -0.3 is 10.5 Å². The Morgan fingerprint density at radius 2 is 2.07 bits per heavy atom. The number of hydrogen-bond donors (Lipinski definition) is 1. The number of alkyl halides is 3. The quantitative estimate of drug-likeness (QED) is 0.817. The van der Waals surface area contributed by atoms with E-state index in [0.29, 0.717) is 5.56 Å². The Morgan fingerprint density at radius 3 is 2.60 bits per heavy atom. The van der Waals surface area contributed by atoms with Crippen molar-refractivity contribution in [1.29, 1.82) is 0 Å². The summed E-state index contributed by atoms with van der Waals surface area (Å²) in [5, 5.41) is 0. The van der Waals surface area contributed by atoms with Crippen molar-refractivity contribution in [2.24, 2.45) is 5.73 Å². The largest absolute Gasteiger partial charge is 0.573 e. The predicted octanol–water partition coefficient (Wildman–Crippen LogP) is 2.41. The highest BCUT2D eigenvalue weighted by Crippen LogP contribution is 2.23. The number of nitrogens with two attached hydrogens (primary N) is 1. The fourth-order valence-electron chi connectivity index (χ4n) is 1.05. The summed E-state index contributed by atoms with van der Waals surface area (Å²) in [5.41, 5.74) is 5.86. The lowest BCUT2D eigenvalue weighted by molar-refractivity contribution is -0.274. The van der Waals surface area contributed by atoms with Crippen molar-refractivity contribution in [3.05, 3.63) is 29.8 Å². The van der Waals surface area contributed by atoms with Gasteiger partial charge in [-0.3, -0.25) is 0 Å². The fourth-order valence-corrected chi connectivity index (χ4v) is 1.22. The minimum atomic E-state index is -4.68. The molecule has 1 aromatic carbocycles. The summed E-state index contributed by atoms with van der Waals surface area (Å²) >= 11 is 4.65. The first-order valence-electron chi connectivity index (χ1n) is 4.00. The maximum absolute atomic E-state index is 11.9. The van der Waals surface area contributed by atoms with Gasteiger partial charge in [0.25, 0.3) is 0 Å². The van der Waals surface area contributed by atoms with Gasteiger partial charge in [0.2, 0.25) is 0 Å². The highest BCUT2D eigenvalue weighted by atomic mass is 32.1. The Labute approximate surface area is 89.8 Å². The second-order valence-electron chi connectivity index (χ2n) is 2.84. The Hall–Kier alpha value is -1.30. The predicted molar refractivity (Wildman–Crippen MR) is 53.6 cm³/mol. The molecule has 0 saturated heterocycles. The summed E-state index contributed by atoms with van der Waals surface area (Å²) in [6, 6.07) is 5.56. The van der Waals surface area contributed by atoms with Gasteiger partial charge in [-0.1, -0.05) is 24.4 Å². The van der Waals surface area contributed by atoms with Gasteiger partial charge in [0.15, 0.2) is 0 Å². The van der Waals surface area contributed by atoms with Gasteiger partial charge in [0, 0.05) is 6.42 Å². The number of rotatable bonds is 3. The standard InChI is InChI=1S/C9H8F3NOS/c10-9(11,12)14-7-3-1-2-6(4-7)5-8(13)15/h1-4H,5H2,(H2,13,15). The minimum absolute atomic E-state index is 0.221. The average Bonchev–Trinajstić information content (AvgIpc) is 1.99. The molecule has 82 valence electrons. The monoisotopic (exact) mass is 235 g/mol. The third kappa shape index (κ3) is 4.64. The van der Waals surface area contributed by atoms with Crippen molar-refractivity contribution < 1.29 is 17.9 Å². The summed E-state index contributed by atoms with van der Waals surface area (Å²) < 4.78 is 39.3. The molecule has 0 amide bonds. The molecular weight excluding hydrogens is 227 g/mol. The van der Waals surface area contributed by atoms with Gasteiger partial charge in [0.1, 0.15) is 5.75 Å². The Morgan fingerprint density at radius 1 is 1.40 bits per heavy atom. The summed E-state index contributed by atoms with van der Waals surface area (Å²) in [6.45, 7) is 0. The third-order valence-corrected chi connectivity index (χ3v) is 1.65. The van der Waals surface area contributed by atoms with Crippen molar-refractivity contribution in [3.63, 3.8) is 0 Å². The second-order valence-corrected chi connectivity index (χ2v) is 3.36. The summed E-state index contributed by atoms with van der Waals surface area (Å²) in [4.78, 5) is 0.221. The molecule has 0 aliphatic carbocycles. The Bertz CT molecular complexity index is 365. The molecule has 0 bridgehead atoms. The van der Waals surface area contributed by atoms with Crippen LogP contribution in [0.2, 0.25) is 0 Å². The van der Waals surface area contributed by atoms with Crippen LogP contribution < -0.4 is 10.5 Å².